The van der Waals surface area contributed by atoms with Crippen molar-refractivity contribution >= 4 is 0 Å². The average molecular weight is 252 g/mol. The maximum atomic E-state index is 9.63. The number of rotatable bonds is 5. The number of phenolic OH excluding ortho intramolecular Hbond substituents is 3. The van der Waals surface area contributed by atoms with E-state index in [4.69, 9.17) is 0 Å². The van der Waals surface area contributed by atoms with Crippen molar-refractivity contribution in [2.45, 2.75) is 19.4 Å². The lowest BCUT2D eigenvalue weighted by Gasteiger charge is -2.15. The summed E-state index contributed by atoms with van der Waals surface area (Å²) in [7, 11) is 0. The summed E-state index contributed by atoms with van der Waals surface area (Å²) >= 11 is 0. The van der Waals surface area contributed by atoms with E-state index in [-0.39, 0.29) is 11.5 Å². The van der Waals surface area contributed by atoms with Gasteiger partial charge in [-0.3, -0.25) is 0 Å². The van der Waals surface area contributed by atoms with E-state index in [1.165, 1.54) is 32.0 Å². The second kappa shape index (κ2) is 5.93. The highest BCUT2D eigenvalue weighted by molar-refractivity contribution is 5.52. The van der Waals surface area contributed by atoms with E-state index in [2.05, 4.69) is 10.2 Å². The molecular formula is C13H20N2O3. The Hall–Kier alpha value is -1.46. The normalized spacial score (nSPS) is 16.2. The third-order valence-electron chi connectivity index (χ3n) is 3.33. The number of aromatic hydroxyl groups is 3. The molecule has 0 radical (unpaired) electrons. The smallest absolute Gasteiger partial charge is 0.200 e. The van der Waals surface area contributed by atoms with Crippen LogP contribution in [0.15, 0.2) is 12.1 Å². The molecule has 1 aromatic carbocycles. The predicted octanol–water partition coefficient (Wildman–Crippen LogP) is 0.989. The van der Waals surface area contributed by atoms with Gasteiger partial charge in [0.25, 0.3) is 0 Å². The van der Waals surface area contributed by atoms with E-state index < -0.39 is 5.75 Å². The van der Waals surface area contributed by atoms with Gasteiger partial charge in [-0.05, 0) is 32.0 Å². The first kappa shape index (κ1) is 13.0. The van der Waals surface area contributed by atoms with Gasteiger partial charge < -0.3 is 25.5 Å². The van der Waals surface area contributed by atoms with Crippen molar-refractivity contribution < 1.29 is 15.3 Å². The van der Waals surface area contributed by atoms with Gasteiger partial charge in [-0.2, -0.15) is 0 Å². The standard InChI is InChI=1S/C13H20N2O3/c16-11-4-3-10(12(17)13(11)18)9-14-5-8-15-6-1-2-7-15/h3-4,14,16-18H,1-2,5-9H2. The third kappa shape index (κ3) is 3.05. The molecule has 1 heterocycles. The van der Waals surface area contributed by atoms with Gasteiger partial charge in [0.2, 0.25) is 5.75 Å². The number of nitrogens with zero attached hydrogens (tertiary/aromatic N) is 1. The molecule has 1 saturated heterocycles. The quantitative estimate of drug-likeness (QED) is 0.464. The maximum Gasteiger partial charge on any atom is 0.200 e. The van der Waals surface area contributed by atoms with Crippen LogP contribution in [0.5, 0.6) is 17.2 Å². The Bertz CT molecular complexity index is 403. The fourth-order valence-electron chi connectivity index (χ4n) is 2.22. The highest BCUT2D eigenvalue weighted by Gasteiger charge is 2.12. The van der Waals surface area contributed by atoms with Gasteiger partial charge in [0.05, 0.1) is 0 Å². The molecule has 1 aliphatic heterocycles. The second-order valence-electron chi connectivity index (χ2n) is 4.67. The number of hydrogen-bond acceptors (Lipinski definition) is 5. The lowest BCUT2D eigenvalue weighted by molar-refractivity contribution is 0.334. The fourth-order valence-corrected chi connectivity index (χ4v) is 2.22. The Kier molecular flexibility index (Phi) is 4.28. The van der Waals surface area contributed by atoms with Gasteiger partial charge in [0.15, 0.2) is 11.5 Å². The van der Waals surface area contributed by atoms with E-state index >= 15 is 0 Å². The predicted molar refractivity (Wildman–Crippen MR) is 68.8 cm³/mol. The van der Waals surface area contributed by atoms with Crippen LogP contribution in [-0.2, 0) is 6.54 Å². The Morgan fingerprint density at radius 3 is 2.50 bits per heavy atom. The molecule has 1 fully saturated rings. The Labute approximate surface area is 107 Å². The summed E-state index contributed by atoms with van der Waals surface area (Å²) in [6.07, 6.45) is 2.57. The highest BCUT2D eigenvalue weighted by Crippen LogP contribution is 2.36. The first-order valence-corrected chi connectivity index (χ1v) is 6.34. The van der Waals surface area contributed by atoms with Crippen LogP contribution in [0.2, 0.25) is 0 Å². The van der Waals surface area contributed by atoms with Gasteiger partial charge in [-0.15, -0.1) is 0 Å². The van der Waals surface area contributed by atoms with Crippen molar-refractivity contribution in [3.63, 3.8) is 0 Å². The first-order valence-electron chi connectivity index (χ1n) is 6.34. The summed E-state index contributed by atoms with van der Waals surface area (Å²) in [6.45, 7) is 4.68. The molecule has 1 aliphatic rings. The van der Waals surface area contributed by atoms with Crippen molar-refractivity contribution in [2.75, 3.05) is 26.2 Å². The van der Waals surface area contributed by atoms with E-state index in [9.17, 15) is 15.3 Å². The summed E-state index contributed by atoms with van der Waals surface area (Å²) < 4.78 is 0. The molecular weight excluding hydrogens is 232 g/mol. The van der Waals surface area contributed by atoms with E-state index in [0.29, 0.717) is 12.1 Å². The molecule has 0 spiro atoms. The van der Waals surface area contributed by atoms with E-state index in [1.807, 2.05) is 0 Å². The van der Waals surface area contributed by atoms with Crippen LogP contribution >= 0.6 is 0 Å². The number of phenols is 3. The van der Waals surface area contributed by atoms with Gasteiger partial charge >= 0.3 is 0 Å². The van der Waals surface area contributed by atoms with Crippen molar-refractivity contribution in [1.29, 1.82) is 0 Å². The van der Waals surface area contributed by atoms with Crippen LogP contribution in [-0.4, -0.2) is 46.4 Å². The molecule has 4 N–H and O–H groups in total. The monoisotopic (exact) mass is 252 g/mol. The molecule has 0 bridgehead atoms. The van der Waals surface area contributed by atoms with Gasteiger partial charge in [-0.1, -0.05) is 6.07 Å². The summed E-state index contributed by atoms with van der Waals surface area (Å²) in [5.74, 6) is -0.995. The summed E-state index contributed by atoms with van der Waals surface area (Å²) in [6, 6.07) is 2.99. The van der Waals surface area contributed by atoms with Crippen LogP contribution in [0.3, 0.4) is 0 Å². The van der Waals surface area contributed by atoms with Crippen LogP contribution in [0.1, 0.15) is 18.4 Å². The zero-order valence-corrected chi connectivity index (χ0v) is 10.4. The molecule has 100 valence electrons. The van der Waals surface area contributed by atoms with Crippen LogP contribution in [0.4, 0.5) is 0 Å². The van der Waals surface area contributed by atoms with Crippen molar-refractivity contribution in [2.24, 2.45) is 0 Å². The summed E-state index contributed by atoms with van der Waals surface area (Å²) in [4.78, 5) is 2.40. The zero-order valence-electron chi connectivity index (χ0n) is 10.4. The Balaban J connectivity index is 1.77. The molecule has 0 saturated carbocycles. The molecule has 5 heteroatoms. The zero-order chi connectivity index (χ0) is 13.0. The van der Waals surface area contributed by atoms with E-state index in [1.54, 1.807) is 6.07 Å². The largest absolute Gasteiger partial charge is 0.504 e. The van der Waals surface area contributed by atoms with Crippen molar-refractivity contribution in [3.8, 4) is 17.2 Å². The summed E-state index contributed by atoms with van der Waals surface area (Å²) in [5.41, 5.74) is 0.590. The van der Waals surface area contributed by atoms with Gasteiger partial charge in [0.1, 0.15) is 0 Å². The first-order chi connectivity index (χ1) is 8.68. The van der Waals surface area contributed by atoms with Crippen LogP contribution in [0, 0.1) is 0 Å². The van der Waals surface area contributed by atoms with Crippen LogP contribution in [0.25, 0.3) is 0 Å². The van der Waals surface area contributed by atoms with Crippen molar-refractivity contribution in [1.82, 2.24) is 10.2 Å². The molecule has 0 amide bonds. The molecule has 2 rings (SSSR count). The Morgan fingerprint density at radius 2 is 1.78 bits per heavy atom. The topological polar surface area (TPSA) is 76.0 Å². The number of hydrogen-bond donors (Lipinski definition) is 4. The lowest BCUT2D eigenvalue weighted by Crippen LogP contribution is -2.29. The van der Waals surface area contributed by atoms with Gasteiger partial charge in [-0.25, -0.2) is 0 Å². The molecule has 0 unspecified atom stereocenters. The molecule has 18 heavy (non-hydrogen) atoms. The third-order valence-corrected chi connectivity index (χ3v) is 3.33. The van der Waals surface area contributed by atoms with Crippen molar-refractivity contribution in [3.05, 3.63) is 17.7 Å². The van der Waals surface area contributed by atoms with E-state index in [0.717, 1.165) is 13.1 Å². The molecule has 5 nitrogen and oxygen atoms in total. The van der Waals surface area contributed by atoms with Gasteiger partial charge in [0, 0.05) is 25.2 Å². The maximum absolute atomic E-state index is 9.63. The molecule has 0 aromatic heterocycles. The minimum absolute atomic E-state index is 0.247. The fraction of sp³-hybridized carbons (Fsp3) is 0.538. The van der Waals surface area contributed by atoms with Crippen LogP contribution < -0.4 is 5.32 Å². The molecule has 0 atom stereocenters. The SMILES string of the molecule is Oc1ccc(CNCCN2CCCC2)c(O)c1O. The number of likely N-dealkylation sites (tertiary alicyclic amines) is 1. The number of benzene rings is 1. The molecule has 1 aromatic rings. The lowest BCUT2D eigenvalue weighted by atomic mass is 10.1. The highest BCUT2D eigenvalue weighted by atomic mass is 16.3. The molecule has 0 aliphatic carbocycles. The summed E-state index contributed by atoms with van der Waals surface area (Å²) in [5, 5.41) is 31.4. The minimum atomic E-state index is -0.450. The second-order valence-corrected chi connectivity index (χ2v) is 4.67. The Morgan fingerprint density at radius 1 is 1.06 bits per heavy atom. The minimum Gasteiger partial charge on any atom is -0.504 e. The number of nitrogens with one attached hydrogen (secondary N) is 1. The average Bonchev–Trinajstić information content (AvgIpc) is 2.87.